The van der Waals surface area contributed by atoms with E-state index in [1.54, 1.807) is 27.6 Å². The molecule has 0 aromatic carbocycles. The van der Waals surface area contributed by atoms with Crippen molar-refractivity contribution in [3.8, 4) is 0 Å². The Kier molecular flexibility index (Phi) is 1.74. The van der Waals surface area contributed by atoms with Gasteiger partial charge in [0.25, 0.3) is 0 Å². The summed E-state index contributed by atoms with van der Waals surface area (Å²) in [5.74, 6) is 0. The Morgan fingerprint density at radius 3 is 2.64 bits per heavy atom. The molecule has 0 spiro atoms. The molecule has 0 aliphatic rings. The molecule has 0 fully saturated rings. The predicted molar refractivity (Wildman–Crippen MR) is 54.4 cm³/mol. The van der Waals surface area contributed by atoms with Crippen molar-refractivity contribution in [1.82, 2.24) is 14.0 Å². The minimum atomic E-state index is -0.191. The van der Waals surface area contributed by atoms with Crippen molar-refractivity contribution < 1.29 is 0 Å². The molecule has 0 aliphatic heterocycles. The normalized spacial score (nSPS) is 12.2. The fourth-order valence-electron chi connectivity index (χ4n) is 1.43. The van der Waals surface area contributed by atoms with E-state index >= 15 is 0 Å². The second-order valence-corrected chi connectivity index (χ2v) is 4.32. The van der Waals surface area contributed by atoms with Gasteiger partial charge in [0, 0.05) is 24.1 Å². The maximum Gasteiger partial charge on any atom is 0.333 e. The minimum Gasteiger partial charge on any atom is -0.293 e. The molecule has 14 heavy (non-hydrogen) atoms. The highest BCUT2D eigenvalue weighted by molar-refractivity contribution is 5.41. The number of rotatable bonds is 0. The van der Waals surface area contributed by atoms with Crippen molar-refractivity contribution in [2.45, 2.75) is 26.3 Å². The van der Waals surface area contributed by atoms with Crippen LogP contribution in [0.2, 0.25) is 0 Å². The third kappa shape index (κ3) is 1.23. The van der Waals surface area contributed by atoms with E-state index in [2.05, 4.69) is 4.98 Å². The zero-order valence-electron chi connectivity index (χ0n) is 8.56. The van der Waals surface area contributed by atoms with Crippen molar-refractivity contribution >= 4 is 5.52 Å². The third-order valence-electron chi connectivity index (χ3n) is 2.18. The topological polar surface area (TPSA) is 39.3 Å². The number of hydrogen-bond acceptors (Lipinski definition) is 2. The van der Waals surface area contributed by atoms with Crippen LogP contribution >= 0.6 is 0 Å². The molecule has 0 atom stereocenters. The average Bonchev–Trinajstić information content (AvgIpc) is 2.44. The average molecular weight is 191 g/mol. The maximum atomic E-state index is 11.9. The summed E-state index contributed by atoms with van der Waals surface area (Å²) in [6.45, 7) is 6.00. The van der Waals surface area contributed by atoms with Crippen LogP contribution in [0.4, 0.5) is 0 Å². The summed E-state index contributed by atoms with van der Waals surface area (Å²) in [6.07, 6.45) is 6.81. The predicted octanol–water partition coefficient (Wildman–Crippen LogP) is 1.25. The molecule has 2 heterocycles. The van der Waals surface area contributed by atoms with Crippen molar-refractivity contribution in [2.75, 3.05) is 0 Å². The molecule has 2 aromatic heterocycles. The van der Waals surface area contributed by atoms with E-state index in [9.17, 15) is 4.79 Å². The summed E-state index contributed by atoms with van der Waals surface area (Å²) in [6, 6.07) is 0. The summed E-state index contributed by atoms with van der Waals surface area (Å²) in [5, 5.41) is 0. The van der Waals surface area contributed by atoms with Gasteiger partial charge in [0.1, 0.15) is 0 Å². The van der Waals surface area contributed by atoms with Gasteiger partial charge in [0.2, 0.25) is 0 Å². The van der Waals surface area contributed by atoms with Crippen molar-refractivity contribution in [1.29, 1.82) is 0 Å². The van der Waals surface area contributed by atoms with E-state index in [4.69, 9.17) is 0 Å². The van der Waals surface area contributed by atoms with Crippen molar-refractivity contribution in [3.05, 3.63) is 35.3 Å². The lowest BCUT2D eigenvalue weighted by Crippen LogP contribution is -2.32. The molecular weight excluding hydrogens is 178 g/mol. The van der Waals surface area contributed by atoms with Crippen LogP contribution in [0, 0.1) is 0 Å². The standard InChI is InChI=1S/C10H13N3O/c1-10(2,3)13-7-8-6-11-4-5-12(8)9(13)14/h4-7H,1-3H3. The fraction of sp³-hybridized carbons (Fsp3) is 0.400. The van der Waals surface area contributed by atoms with E-state index in [1.165, 1.54) is 0 Å². The van der Waals surface area contributed by atoms with Gasteiger partial charge in [-0.3, -0.25) is 14.0 Å². The summed E-state index contributed by atoms with van der Waals surface area (Å²) < 4.78 is 3.31. The van der Waals surface area contributed by atoms with Crippen LogP contribution in [0.3, 0.4) is 0 Å². The highest BCUT2D eigenvalue weighted by atomic mass is 16.1. The first-order chi connectivity index (χ1) is 6.50. The molecule has 2 aromatic rings. The number of nitrogens with zero attached hydrogens (tertiary/aromatic N) is 3. The second-order valence-electron chi connectivity index (χ2n) is 4.32. The molecule has 0 unspecified atom stereocenters. The zero-order chi connectivity index (χ0) is 10.3. The van der Waals surface area contributed by atoms with E-state index in [-0.39, 0.29) is 11.2 Å². The molecule has 4 nitrogen and oxygen atoms in total. The third-order valence-corrected chi connectivity index (χ3v) is 2.18. The van der Waals surface area contributed by atoms with E-state index in [1.807, 2.05) is 27.0 Å². The number of imidazole rings is 1. The van der Waals surface area contributed by atoms with E-state index in [0.717, 1.165) is 5.52 Å². The van der Waals surface area contributed by atoms with Crippen LogP contribution in [0.15, 0.2) is 29.6 Å². The van der Waals surface area contributed by atoms with Gasteiger partial charge in [0.15, 0.2) is 0 Å². The molecule has 74 valence electrons. The SMILES string of the molecule is CC(C)(C)n1cc2cnccn2c1=O. The summed E-state index contributed by atoms with van der Waals surface area (Å²) in [4.78, 5) is 15.8. The van der Waals surface area contributed by atoms with Gasteiger partial charge in [-0.25, -0.2) is 4.79 Å². The molecule has 0 radical (unpaired) electrons. The van der Waals surface area contributed by atoms with Gasteiger partial charge in [-0.1, -0.05) is 0 Å². The largest absolute Gasteiger partial charge is 0.333 e. The number of fused-ring (bicyclic) bond motifs is 1. The Hall–Kier alpha value is -1.58. The lowest BCUT2D eigenvalue weighted by molar-refractivity contribution is 0.384. The van der Waals surface area contributed by atoms with Crippen LogP contribution < -0.4 is 5.69 Å². The molecule has 0 N–H and O–H groups in total. The molecule has 4 heteroatoms. The molecule has 2 rings (SSSR count). The highest BCUT2D eigenvalue weighted by Crippen LogP contribution is 2.12. The zero-order valence-corrected chi connectivity index (χ0v) is 8.56. The van der Waals surface area contributed by atoms with Gasteiger partial charge in [-0.2, -0.15) is 0 Å². The minimum absolute atomic E-state index is 0.0186. The number of hydrogen-bond donors (Lipinski definition) is 0. The molecule has 0 amide bonds. The number of aromatic nitrogens is 3. The van der Waals surface area contributed by atoms with Crippen LogP contribution in [-0.2, 0) is 5.54 Å². The van der Waals surface area contributed by atoms with E-state index in [0.29, 0.717) is 0 Å². The van der Waals surface area contributed by atoms with Crippen LogP contribution in [0.1, 0.15) is 20.8 Å². The second kappa shape index (κ2) is 2.70. The van der Waals surface area contributed by atoms with Gasteiger partial charge in [-0.15, -0.1) is 0 Å². The monoisotopic (exact) mass is 191 g/mol. The summed E-state index contributed by atoms with van der Waals surface area (Å²) in [5.41, 5.74) is 0.616. The molecule has 0 bridgehead atoms. The molecular formula is C10H13N3O. The Balaban J connectivity index is 2.82. The first kappa shape index (κ1) is 8.99. The van der Waals surface area contributed by atoms with Gasteiger partial charge in [0.05, 0.1) is 11.7 Å². The molecule has 0 saturated carbocycles. The Morgan fingerprint density at radius 1 is 1.36 bits per heavy atom. The lowest BCUT2D eigenvalue weighted by atomic mass is 10.1. The van der Waals surface area contributed by atoms with Gasteiger partial charge < -0.3 is 0 Å². The maximum absolute atomic E-state index is 11.9. The summed E-state index contributed by atoms with van der Waals surface area (Å²) >= 11 is 0. The summed E-state index contributed by atoms with van der Waals surface area (Å²) in [7, 11) is 0. The van der Waals surface area contributed by atoms with Crippen molar-refractivity contribution in [3.63, 3.8) is 0 Å². The first-order valence-corrected chi connectivity index (χ1v) is 4.54. The quantitative estimate of drug-likeness (QED) is 0.628. The Morgan fingerprint density at radius 2 is 2.07 bits per heavy atom. The van der Waals surface area contributed by atoms with Crippen LogP contribution in [0.25, 0.3) is 5.52 Å². The van der Waals surface area contributed by atoms with Gasteiger partial charge >= 0.3 is 5.69 Å². The Labute approximate surface area is 81.8 Å². The highest BCUT2D eigenvalue weighted by Gasteiger charge is 2.16. The first-order valence-electron chi connectivity index (χ1n) is 4.54. The van der Waals surface area contributed by atoms with Crippen LogP contribution in [0.5, 0.6) is 0 Å². The smallest absolute Gasteiger partial charge is 0.293 e. The Bertz CT molecular complexity index is 516. The fourth-order valence-corrected chi connectivity index (χ4v) is 1.43. The van der Waals surface area contributed by atoms with E-state index < -0.39 is 0 Å². The molecule has 0 aliphatic carbocycles. The van der Waals surface area contributed by atoms with Gasteiger partial charge in [-0.05, 0) is 20.8 Å². The molecule has 0 saturated heterocycles. The van der Waals surface area contributed by atoms with Crippen LogP contribution in [-0.4, -0.2) is 14.0 Å². The van der Waals surface area contributed by atoms with Crippen molar-refractivity contribution in [2.24, 2.45) is 0 Å². The lowest BCUT2D eigenvalue weighted by Gasteiger charge is -2.18.